The summed E-state index contributed by atoms with van der Waals surface area (Å²) in [5.74, 6) is 0. The predicted molar refractivity (Wildman–Crippen MR) is 81.2 cm³/mol. The van der Waals surface area contributed by atoms with Crippen molar-refractivity contribution < 1.29 is 0 Å². The minimum Gasteiger partial charge on any atom is -0.372 e. The molecule has 102 valence electrons. The number of hydrogen-bond acceptors (Lipinski definition) is 2. The van der Waals surface area contributed by atoms with Crippen molar-refractivity contribution in [2.75, 3.05) is 11.9 Å². The molecule has 0 radical (unpaired) electrons. The zero-order chi connectivity index (χ0) is 13.5. The number of hydrogen-bond donors (Lipinski definition) is 1. The molecule has 0 heterocycles. The second-order valence-corrected chi connectivity index (χ2v) is 5.45. The molecule has 1 N–H and O–H groups in total. The summed E-state index contributed by atoms with van der Waals surface area (Å²) in [5, 5.41) is 3.44. The van der Waals surface area contributed by atoms with E-state index >= 15 is 0 Å². The van der Waals surface area contributed by atoms with Gasteiger partial charge in [-0.1, -0.05) is 39.3 Å². The summed E-state index contributed by atoms with van der Waals surface area (Å²) in [4.78, 5) is 2.36. The van der Waals surface area contributed by atoms with E-state index < -0.39 is 0 Å². The van der Waals surface area contributed by atoms with E-state index in [9.17, 15) is 0 Å². The fraction of sp³-hybridized carbons (Fsp3) is 0.625. The van der Waals surface area contributed by atoms with Crippen molar-refractivity contribution in [3.8, 4) is 0 Å². The van der Waals surface area contributed by atoms with Gasteiger partial charge in [-0.15, -0.1) is 0 Å². The van der Waals surface area contributed by atoms with E-state index in [0.717, 1.165) is 6.54 Å². The van der Waals surface area contributed by atoms with Crippen LogP contribution in [-0.2, 0) is 6.54 Å². The van der Waals surface area contributed by atoms with Crippen LogP contribution in [-0.4, -0.2) is 19.1 Å². The molecule has 2 heteroatoms. The van der Waals surface area contributed by atoms with Crippen molar-refractivity contribution in [2.45, 2.75) is 59.2 Å². The van der Waals surface area contributed by atoms with Gasteiger partial charge in [0.25, 0.3) is 0 Å². The maximum Gasteiger partial charge on any atom is 0.0366 e. The molecule has 0 spiro atoms. The van der Waals surface area contributed by atoms with Crippen LogP contribution in [0.3, 0.4) is 0 Å². The first-order valence-corrected chi connectivity index (χ1v) is 7.09. The van der Waals surface area contributed by atoms with Gasteiger partial charge < -0.3 is 10.2 Å². The molecule has 0 fully saturated rings. The Morgan fingerprint density at radius 2 is 1.72 bits per heavy atom. The second kappa shape index (κ2) is 7.42. The van der Waals surface area contributed by atoms with Crippen LogP contribution in [0.5, 0.6) is 0 Å². The lowest BCUT2D eigenvalue weighted by molar-refractivity contribution is 0.588. The van der Waals surface area contributed by atoms with Crippen LogP contribution in [0.4, 0.5) is 5.69 Å². The van der Waals surface area contributed by atoms with Crippen molar-refractivity contribution in [1.29, 1.82) is 0 Å². The van der Waals surface area contributed by atoms with Crippen LogP contribution in [0.1, 0.15) is 46.1 Å². The van der Waals surface area contributed by atoms with Crippen LogP contribution in [0, 0.1) is 0 Å². The van der Waals surface area contributed by atoms with Gasteiger partial charge in [-0.2, -0.15) is 0 Å². The number of nitrogens with one attached hydrogen (secondary N) is 1. The first-order valence-electron chi connectivity index (χ1n) is 7.09. The average molecular weight is 248 g/mol. The monoisotopic (exact) mass is 248 g/mol. The van der Waals surface area contributed by atoms with E-state index in [0.29, 0.717) is 12.1 Å². The summed E-state index contributed by atoms with van der Waals surface area (Å²) < 4.78 is 0. The first-order chi connectivity index (χ1) is 8.54. The van der Waals surface area contributed by atoms with Gasteiger partial charge in [-0.05, 0) is 31.0 Å². The zero-order valence-electron chi connectivity index (χ0n) is 12.5. The number of anilines is 1. The molecular formula is C16H28N2. The molecule has 1 aromatic rings. The van der Waals surface area contributed by atoms with Gasteiger partial charge in [0.1, 0.15) is 0 Å². The molecule has 0 saturated carbocycles. The number of benzene rings is 1. The number of nitrogens with zero attached hydrogens (tertiary/aromatic N) is 1. The molecule has 2 nitrogen and oxygen atoms in total. The smallest absolute Gasteiger partial charge is 0.0366 e. The van der Waals surface area contributed by atoms with E-state index in [2.05, 4.69) is 69.2 Å². The summed E-state index contributed by atoms with van der Waals surface area (Å²) in [7, 11) is 2.18. The first kappa shape index (κ1) is 15.0. The Morgan fingerprint density at radius 3 is 2.22 bits per heavy atom. The van der Waals surface area contributed by atoms with E-state index in [-0.39, 0.29) is 0 Å². The topological polar surface area (TPSA) is 15.3 Å². The summed E-state index contributed by atoms with van der Waals surface area (Å²) in [5.41, 5.74) is 2.66. The fourth-order valence-electron chi connectivity index (χ4n) is 2.04. The molecule has 1 atom stereocenters. The van der Waals surface area contributed by atoms with Gasteiger partial charge in [0.05, 0.1) is 0 Å². The van der Waals surface area contributed by atoms with Gasteiger partial charge in [-0.3, -0.25) is 0 Å². The summed E-state index contributed by atoms with van der Waals surface area (Å²) in [6.07, 6.45) is 2.48. The Labute approximate surface area is 112 Å². The van der Waals surface area contributed by atoms with Crippen LogP contribution in [0.25, 0.3) is 0 Å². The molecule has 0 aliphatic carbocycles. The Balaban J connectivity index is 2.58. The Bertz CT molecular complexity index is 329. The van der Waals surface area contributed by atoms with Gasteiger partial charge >= 0.3 is 0 Å². The van der Waals surface area contributed by atoms with Gasteiger partial charge in [0, 0.05) is 31.4 Å². The Morgan fingerprint density at radius 1 is 1.11 bits per heavy atom. The third kappa shape index (κ3) is 4.69. The second-order valence-electron chi connectivity index (χ2n) is 5.45. The summed E-state index contributed by atoms with van der Waals surface area (Å²) >= 11 is 0. The van der Waals surface area contributed by atoms with E-state index in [1.54, 1.807) is 0 Å². The summed E-state index contributed by atoms with van der Waals surface area (Å²) in [6.45, 7) is 9.83. The number of rotatable bonds is 7. The van der Waals surface area contributed by atoms with Gasteiger partial charge in [0.2, 0.25) is 0 Å². The van der Waals surface area contributed by atoms with Crippen molar-refractivity contribution in [1.82, 2.24) is 5.32 Å². The highest BCUT2D eigenvalue weighted by Gasteiger charge is 2.08. The SMILES string of the molecule is CCCC(C)N(C)c1ccc(CNC(C)C)cc1. The third-order valence-electron chi connectivity index (χ3n) is 3.43. The summed E-state index contributed by atoms with van der Waals surface area (Å²) in [6, 6.07) is 10.0. The third-order valence-corrected chi connectivity index (χ3v) is 3.43. The largest absolute Gasteiger partial charge is 0.372 e. The minimum atomic E-state index is 0.539. The van der Waals surface area contributed by atoms with Crippen molar-refractivity contribution in [3.63, 3.8) is 0 Å². The quantitative estimate of drug-likeness (QED) is 0.789. The molecular weight excluding hydrogens is 220 g/mol. The lowest BCUT2D eigenvalue weighted by Gasteiger charge is -2.27. The van der Waals surface area contributed by atoms with E-state index in [1.165, 1.54) is 24.1 Å². The molecule has 0 saturated heterocycles. The zero-order valence-corrected chi connectivity index (χ0v) is 12.5. The molecule has 0 aliphatic heterocycles. The Hall–Kier alpha value is -1.02. The van der Waals surface area contributed by atoms with Gasteiger partial charge in [0.15, 0.2) is 0 Å². The molecule has 18 heavy (non-hydrogen) atoms. The van der Waals surface area contributed by atoms with Crippen molar-refractivity contribution in [3.05, 3.63) is 29.8 Å². The fourth-order valence-corrected chi connectivity index (χ4v) is 2.04. The molecule has 1 aromatic carbocycles. The van der Waals surface area contributed by atoms with E-state index in [1.807, 2.05) is 0 Å². The lowest BCUT2D eigenvalue weighted by atomic mass is 10.1. The maximum atomic E-state index is 3.44. The minimum absolute atomic E-state index is 0.539. The molecule has 0 aromatic heterocycles. The molecule has 0 amide bonds. The molecule has 1 unspecified atom stereocenters. The van der Waals surface area contributed by atoms with E-state index in [4.69, 9.17) is 0 Å². The highest BCUT2D eigenvalue weighted by atomic mass is 15.1. The highest BCUT2D eigenvalue weighted by Crippen LogP contribution is 2.18. The lowest BCUT2D eigenvalue weighted by Crippen LogP contribution is -2.28. The normalized spacial score (nSPS) is 12.8. The molecule has 1 rings (SSSR count). The van der Waals surface area contributed by atoms with Crippen molar-refractivity contribution >= 4 is 5.69 Å². The molecule has 0 aliphatic rings. The van der Waals surface area contributed by atoms with Crippen LogP contribution in [0.15, 0.2) is 24.3 Å². The van der Waals surface area contributed by atoms with Gasteiger partial charge in [-0.25, -0.2) is 0 Å². The molecule has 0 bridgehead atoms. The van der Waals surface area contributed by atoms with Crippen LogP contribution in [0.2, 0.25) is 0 Å². The Kier molecular flexibility index (Phi) is 6.20. The average Bonchev–Trinajstić information content (AvgIpc) is 2.36. The highest BCUT2D eigenvalue weighted by molar-refractivity contribution is 5.47. The standard InChI is InChI=1S/C16H28N2/c1-6-7-14(4)18(5)16-10-8-15(9-11-16)12-17-13(2)3/h8-11,13-14,17H,6-7,12H2,1-5H3. The maximum absolute atomic E-state index is 3.44. The van der Waals surface area contributed by atoms with Crippen molar-refractivity contribution in [2.24, 2.45) is 0 Å². The van der Waals surface area contributed by atoms with Crippen LogP contribution >= 0.6 is 0 Å². The predicted octanol–water partition coefficient (Wildman–Crippen LogP) is 3.81. The van der Waals surface area contributed by atoms with Crippen LogP contribution < -0.4 is 10.2 Å².